The van der Waals surface area contributed by atoms with Gasteiger partial charge >= 0.3 is 11.9 Å². The minimum absolute atomic E-state index is 0.0452. The van der Waals surface area contributed by atoms with Gasteiger partial charge in [-0.25, -0.2) is 4.79 Å². The number of β-lactam (4-membered cyclic amide) rings is 1. The molecule has 0 radical (unpaired) electrons. The number of fused-ring (bicyclic) bond motifs is 1. The lowest BCUT2D eigenvalue weighted by Crippen LogP contribution is -2.71. The van der Waals surface area contributed by atoms with Crippen molar-refractivity contribution in [2.45, 2.75) is 23.8 Å². The fourth-order valence-electron chi connectivity index (χ4n) is 4.60. The molecule has 192 valence electrons. The third-order valence-electron chi connectivity index (χ3n) is 6.40. The summed E-state index contributed by atoms with van der Waals surface area (Å²) in [4.78, 5) is 53.0. The average molecular weight is 529 g/mol. The zero-order valence-corrected chi connectivity index (χ0v) is 21.0. The number of rotatable bonds is 8. The number of esters is 1. The number of carboxylic acids is 1. The van der Waals surface area contributed by atoms with E-state index in [9.17, 15) is 24.3 Å². The molecule has 3 atom stereocenters. The Morgan fingerprint density at radius 2 is 1.55 bits per heavy atom. The van der Waals surface area contributed by atoms with Crippen LogP contribution in [0.25, 0.3) is 0 Å². The highest BCUT2D eigenvalue weighted by atomic mass is 32.2. The van der Waals surface area contributed by atoms with Gasteiger partial charge < -0.3 is 15.2 Å². The van der Waals surface area contributed by atoms with E-state index >= 15 is 0 Å². The molecule has 1 saturated heterocycles. The number of aliphatic carboxylic acids is 1. The SMILES string of the molecule is O=C(O)C1=C(Cc2ccccc2)CS[C@@H]2[C@H](NC(=O)C(C(=O)Oc3ccccc3)c3ccccc3)C(=O)N12. The largest absolute Gasteiger partial charge is 0.477 e. The molecule has 2 amide bonds. The third kappa shape index (κ3) is 5.05. The Bertz CT molecular complexity index is 1390. The molecule has 0 bridgehead atoms. The number of hydrogen-bond donors (Lipinski definition) is 2. The van der Waals surface area contributed by atoms with E-state index in [0.717, 1.165) is 5.56 Å². The first-order valence-electron chi connectivity index (χ1n) is 12.0. The smallest absolute Gasteiger partial charge is 0.352 e. The molecule has 3 aromatic rings. The van der Waals surface area contributed by atoms with Crippen LogP contribution >= 0.6 is 11.8 Å². The number of nitrogens with one attached hydrogen (secondary N) is 1. The minimum Gasteiger partial charge on any atom is -0.477 e. The van der Waals surface area contributed by atoms with Gasteiger partial charge in [-0.05, 0) is 35.3 Å². The molecular formula is C29H24N2O6S. The van der Waals surface area contributed by atoms with Crippen LogP contribution in [0.3, 0.4) is 0 Å². The second-order valence-electron chi connectivity index (χ2n) is 8.89. The van der Waals surface area contributed by atoms with Gasteiger partial charge in [-0.3, -0.25) is 19.3 Å². The number of amides is 2. The molecule has 9 heteroatoms. The third-order valence-corrected chi connectivity index (χ3v) is 7.74. The van der Waals surface area contributed by atoms with Gasteiger partial charge in [0, 0.05) is 5.75 Å². The fourth-order valence-corrected chi connectivity index (χ4v) is 5.95. The molecule has 1 fully saturated rings. The van der Waals surface area contributed by atoms with Crippen LogP contribution < -0.4 is 10.1 Å². The lowest BCUT2D eigenvalue weighted by molar-refractivity contribution is -0.152. The number of ether oxygens (including phenoxy) is 1. The van der Waals surface area contributed by atoms with Crippen LogP contribution in [0.4, 0.5) is 0 Å². The van der Waals surface area contributed by atoms with E-state index in [1.165, 1.54) is 16.7 Å². The van der Waals surface area contributed by atoms with E-state index < -0.39 is 41.1 Å². The number of benzene rings is 3. The molecule has 2 aliphatic heterocycles. The number of hydrogen-bond acceptors (Lipinski definition) is 6. The Morgan fingerprint density at radius 3 is 2.18 bits per heavy atom. The summed E-state index contributed by atoms with van der Waals surface area (Å²) in [6.07, 6.45) is 0.407. The number of nitrogens with zero attached hydrogens (tertiary/aromatic N) is 1. The normalized spacial score (nSPS) is 19.2. The molecule has 0 saturated carbocycles. The van der Waals surface area contributed by atoms with Crippen molar-refractivity contribution in [3.05, 3.63) is 113 Å². The van der Waals surface area contributed by atoms with Gasteiger partial charge in [0.25, 0.3) is 5.91 Å². The van der Waals surface area contributed by atoms with E-state index in [4.69, 9.17) is 4.74 Å². The second kappa shape index (κ2) is 10.9. The summed E-state index contributed by atoms with van der Waals surface area (Å²) in [5.74, 6) is -3.80. The number of carbonyl (C=O) groups excluding carboxylic acids is 3. The topological polar surface area (TPSA) is 113 Å². The number of para-hydroxylation sites is 1. The number of thioether (sulfide) groups is 1. The van der Waals surface area contributed by atoms with Crippen LogP contribution in [0.2, 0.25) is 0 Å². The van der Waals surface area contributed by atoms with Crippen molar-refractivity contribution in [2.24, 2.45) is 0 Å². The van der Waals surface area contributed by atoms with Crippen molar-refractivity contribution < 1.29 is 29.0 Å². The maximum Gasteiger partial charge on any atom is 0.352 e. The van der Waals surface area contributed by atoms with Crippen LogP contribution in [0, 0.1) is 0 Å². The van der Waals surface area contributed by atoms with E-state index in [2.05, 4.69) is 5.32 Å². The van der Waals surface area contributed by atoms with Gasteiger partial charge in [-0.15, -0.1) is 11.8 Å². The fraction of sp³-hybridized carbons (Fsp3) is 0.172. The molecule has 8 nitrogen and oxygen atoms in total. The number of carbonyl (C=O) groups is 4. The van der Waals surface area contributed by atoms with Crippen molar-refractivity contribution in [3.8, 4) is 5.75 Å². The van der Waals surface area contributed by atoms with Crippen molar-refractivity contribution in [1.82, 2.24) is 10.2 Å². The lowest BCUT2D eigenvalue weighted by Gasteiger charge is -2.49. The molecule has 2 N–H and O–H groups in total. The molecule has 0 aromatic heterocycles. The van der Waals surface area contributed by atoms with E-state index in [1.54, 1.807) is 60.7 Å². The van der Waals surface area contributed by atoms with Crippen molar-refractivity contribution in [3.63, 3.8) is 0 Å². The Labute approximate surface area is 223 Å². The Morgan fingerprint density at radius 1 is 0.947 bits per heavy atom. The summed E-state index contributed by atoms with van der Waals surface area (Å²) in [5, 5.41) is 12.0. The summed E-state index contributed by atoms with van der Waals surface area (Å²) in [5.41, 5.74) is 1.95. The van der Waals surface area contributed by atoms with E-state index in [0.29, 0.717) is 29.1 Å². The molecular weight excluding hydrogens is 504 g/mol. The predicted octanol–water partition coefficient (Wildman–Crippen LogP) is 3.36. The van der Waals surface area contributed by atoms with Crippen LogP contribution in [-0.2, 0) is 25.6 Å². The zero-order valence-electron chi connectivity index (χ0n) is 20.2. The summed E-state index contributed by atoms with van der Waals surface area (Å²) >= 11 is 1.39. The van der Waals surface area contributed by atoms with Crippen LogP contribution in [0.1, 0.15) is 17.0 Å². The van der Waals surface area contributed by atoms with Crippen molar-refractivity contribution in [1.29, 1.82) is 0 Å². The standard InChI is InChI=1S/C29H24N2O6S/c32-25(22(19-12-6-2-7-13-19)29(36)37-21-14-8-3-9-15-21)30-23-26(33)31-24(28(34)35)20(17-38-27(23)31)16-18-10-4-1-5-11-18/h1-15,22-23,27H,16-17H2,(H,30,32)(H,34,35)/t22?,23-,27-/m1/s1. The average Bonchev–Trinajstić information content (AvgIpc) is 2.93. The molecule has 38 heavy (non-hydrogen) atoms. The van der Waals surface area contributed by atoms with Crippen molar-refractivity contribution >= 4 is 35.5 Å². The summed E-state index contributed by atoms with van der Waals surface area (Å²) in [6, 6.07) is 25.4. The van der Waals surface area contributed by atoms with Crippen molar-refractivity contribution in [2.75, 3.05) is 5.75 Å². The number of carboxylic acid groups (broad SMARTS) is 1. The second-order valence-corrected chi connectivity index (χ2v) is 10.00. The highest BCUT2D eigenvalue weighted by Gasteiger charge is 2.54. The molecule has 1 unspecified atom stereocenters. The Balaban J connectivity index is 1.35. The highest BCUT2D eigenvalue weighted by molar-refractivity contribution is 8.00. The lowest BCUT2D eigenvalue weighted by atomic mass is 9.95. The molecule has 2 aliphatic rings. The molecule has 2 heterocycles. The zero-order chi connectivity index (χ0) is 26.6. The molecule has 0 aliphatic carbocycles. The first-order chi connectivity index (χ1) is 18.4. The molecule has 3 aromatic carbocycles. The first kappa shape index (κ1) is 25.3. The van der Waals surface area contributed by atoms with Gasteiger partial charge in [-0.2, -0.15) is 0 Å². The Hall–Kier alpha value is -4.37. The summed E-state index contributed by atoms with van der Waals surface area (Å²) < 4.78 is 5.45. The summed E-state index contributed by atoms with van der Waals surface area (Å²) in [7, 11) is 0. The summed E-state index contributed by atoms with van der Waals surface area (Å²) in [6.45, 7) is 0. The van der Waals surface area contributed by atoms with Crippen LogP contribution in [-0.4, -0.2) is 50.9 Å². The monoisotopic (exact) mass is 528 g/mol. The maximum absolute atomic E-state index is 13.4. The van der Waals surface area contributed by atoms with E-state index in [-0.39, 0.29) is 5.70 Å². The molecule has 0 spiro atoms. The quantitative estimate of drug-likeness (QED) is 0.200. The molecule has 5 rings (SSSR count). The first-order valence-corrected chi connectivity index (χ1v) is 13.0. The van der Waals surface area contributed by atoms with Gasteiger partial charge in [0.15, 0.2) is 5.92 Å². The highest BCUT2D eigenvalue weighted by Crippen LogP contribution is 2.41. The maximum atomic E-state index is 13.4. The predicted molar refractivity (Wildman–Crippen MR) is 141 cm³/mol. The van der Waals surface area contributed by atoms with Crippen LogP contribution in [0.5, 0.6) is 5.75 Å². The van der Waals surface area contributed by atoms with Gasteiger partial charge in [0.05, 0.1) is 0 Å². The van der Waals surface area contributed by atoms with E-state index in [1.807, 2.05) is 30.3 Å². The minimum atomic E-state index is -1.31. The van der Waals surface area contributed by atoms with Gasteiger partial charge in [-0.1, -0.05) is 78.9 Å². The van der Waals surface area contributed by atoms with Gasteiger partial charge in [0.2, 0.25) is 5.91 Å². The Kier molecular flexibility index (Phi) is 7.28. The van der Waals surface area contributed by atoms with Gasteiger partial charge in [0.1, 0.15) is 22.9 Å². The van der Waals surface area contributed by atoms with Crippen LogP contribution in [0.15, 0.2) is 102 Å².